The van der Waals surface area contributed by atoms with Gasteiger partial charge in [-0.1, -0.05) is 26.8 Å². The van der Waals surface area contributed by atoms with Crippen molar-refractivity contribution in [1.29, 1.82) is 0 Å². The lowest BCUT2D eigenvalue weighted by Crippen LogP contribution is -1.99. The van der Waals surface area contributed by atoms with Crippen LogP contribution in [0.4, 0.5) is 0 Å². The van der Waals surface area contributed by atoms with Crippen LogP contribution in [0.3, 0.4) is 0 Å². The topological polar surface area (TPSA) is 35.5 Å². The van der Waals surface area contributed by atoms with Gasteiger partial charge in [0.05, 0.1) is 13.2 Å². The second-order valence-corrected chi connectivity index (χ2v) is 7.67. The molecule has 0 aliphatic rings. The van der Waals surface area contributed by atoms with E-state index in [1.807, 2.05) is 60.3 Å². The zero-order valence-electron chi connectivity index (χ0n) is 17.1. The van der Waals surface area contributed by atoms with Crippen molar-refractivity contribution in [2.45, 2.75) is 44.9 Å². The minimum Gasteiger partial charge on any atom is -0.493 e. The first-order chi connectivity index (χ1) is 13.7. The first kappa shape index (κ1) is 22.1. The summed E-state index contributed by atoms with van der Waals surface area (Å²) in [5.41, 5.74) is 1.58. The summed E-state index contributed by atoms with van der Waals surface area (Å²) in [5, 5.41) is 0. The van der Waals surface area contributed by atoms with E-state index in [-0.39, 0.29) is 5.78 Å². The molecule has 2 rings (SSSR count). The summed E-state index contributed by atoms with van der Waals surface area (Å²) in [5.74, 6) is 2.61. The number of ketones is 1. The Morgan fingerprint density at radius 2 is 1.50 bits per heavy atom. The minimum absolute atomic E-state index is 0.0112. The molecule has 0 aliphatic carbocycles. The van der Waals surface area contributed by atoms with E-state index >= 15 is 0 Å². The van der Waals surface area contributed by atoms with E-state index in [0.29, 0.717) is 18.8 Å². The number of hydrogen-bond acceptors (Lipinski definition) is 4. The van der Waals surface area contributed by atoms with Crippen LogP contribution in [0.5, 0.6) is 11.5 Å². The summed E-state index contributed by atoms with van der Waals surface area (Å²) in [4.78, 5) is 13.7. The van der Waals surface area contributed by atoms with Crippen molar-refractivity contribution in [3.63, 3.8) is 0 Å². The highest BCUT2D eigenvalue weighted by molar-refractivity contribution is 7.99. The van der Waals surface area contributed by atoms with Gasteiger partial charge in [0.2, 0.25) is 0 Å². The maximum atomic E-state index is 12.5. The number of benzene rings is 2. The van der Waals surface area contributed by atoms with Crippen LogP contribution in [0.1, 0.15) is 56.0 Å². The molecule has 28 heavy (non-hydrogen) atoms. The molecule has 0 N–H and O–H groups in total. The van der Waals surface area contributed by atoms with E-state index in [2.05, 4.69) is 20.8 Å². The number of carbonyl (C=O) groups excluding carboxylic acids is 1. The standard InChI is InChI=1S/C24H30O3S/c1-4-13-26-21-16-19(17-22(18-21)27-14-5-2)7-12-24(25)20-8-10-23(11-9-20)28-15-6-3/h7-12,16-18H,4-6,13-15H2,1-3H3/b12-7+. The molecule has 0 radical (unpaired) electrons. The molecule has 0 amide bonds. The molecule has 0 saturated heterocycles. The molecular weight excluding hydrogens is 368 g/mol. The van der Waals surface area contributed by atoms with Gasteiger partial charge in [0.25, 0.3) is 0 Å². The second kappa shape index (κ2) is 12.3. The molecule has 0 fully saturated rings. The van der Waals surface area contributed by atoms with Crippen LogP contribution < -0.4 is 9.47 Å². The van der Waals surface area contributed by atoms with Gasteiger partial charge in [0.1, 0.15) is 11.5 Å². The summed E-state index contributed by atoms with van der Waals surface area (Å²) in [7, 11) is 0. The normalized spacial score (nSPS) is 11.0. The van der Waals surface area contributed by atoms with Gasteiger partial charge < -0.3 is 9.47 Å². The van der Waals surface area contributed by atoms with Crippen LogP contribution in [0.2, 0.25) is 0 Å². The third-order valence-corrected chi connectivity index (χ3v) is 5.10. The number of hydrogen-bond donors (Lipinski definition) is 0. The zero-order chi connectivity index (χ0) is 20.2. The first-order valence-electron chi connectivity index (χ1n) is 10.0. The van der Waals surface area contributed by atoms with E-state index in [4.69, 9.17) is 9.47 Å². The Morgan fingerprint density at radius 1 is 0.893 bits per heavy atom. The molecule has 0 heterocycles. The largest absolute Gasteiger partial charge is 0.493 e. The monoisotopic (exact) mass is 398 g/mol. The molecule has 2 aromatic carbocycles. The second-order valence-electron chi connectivity index (χ2n) is 6.51. The van der Waals surface area contributed by atoms with E-state index in [1.54, 1.807) is 6.08 Å². The molecule has 0 unspecified atom stereocenters. The molecule has 0 bridgehead atoms. The third kappa shape index (κ3) is 7.43. The molecule has 3 nitrogen and oxygen atoms in total. The Labute approximate surface area is 173 Å². The summed E-state index contributed by atoms with van der Waals surface area (Å²) >= 11 is 1.81. The molecule has 4 heteroatoms. The van der Waals surface area contributed by atoms with Gasteiger partial charge in [-0.15, -0.1) is 11.8 Å². The fourth-order valence-electron chi connectivity index (χ4n) is 2.50. The van der Waals surface area contributed by atoms with Crippen LogP contribution in [0, 0.1) is 0 Å². The highest BCUT2D eigenvalue weighted by atomic mass is 32.2. The number of rotatable bonds is 12. The van der Waals surface area contributed by atoms with Crippen molar-refractivity contribution < 1.29 is 14.3 Å². The number of allylic oxidation sites excluding steroid dienone is 1. The quantitative estimate of drug-likeness (QED) is 0.227. The van der Waals surface area contributed by atoms with Crippen molar-refractivity contribution in [2.75, 3.05) is 19.0 Å². The molecule has 0 atom stereocenters. The minimum atomic E-state index is -0.0112. The Balaban J connectivity index is 2.10. The van der Waals surface area contributed by atoms with Gasteiger partial charge in [0, 0.05) is 16.5 Å². The predicted molar refractivity (Wildman–Crippen MR) is 119 cm³/mol. The van der Waals surface area contributed by atoms with Gasteiger partial charge >= 0.3 is 0 Å². The van der Waals surface area contributed by atoms with Crippen LogP contribution in [-0.4, -0.2) is 24.7 Å². The molecule has 150 valence electrons. The Bertz CT molecular complexity index is 740. The Morgan fingerprint density at radius 3 is 2.04 bits per heavy atom. The Kier molecular flexibility index (Phi) is 9.70. The van der Waals surface area contributed by atoms with Gasteiger partial charge in [0.15, 0.2) is 5.78 Å². The van der Waals surface area contributed by atoms with Crippen LogP contribution in [0.25, 0.3) is 6.08 Å². The maximum Gasteiger partial charge on any atom is 0.185 e. The molecule has 0 aliphatic heterocycles. The van der Waals surface area contributed by atoms with Crippen LogP contribution >= 0.6 is 11.8 Å². The number of ether oxygens (including phenoxy) is 2. The lowest BCUT2D eigenvalue weighted by molar-refractivity contribution is 0.104. The van der Waals surface area contributed by atoms with E-state index in [1.165, 1.54) is 4.90 Å². The third-order valence-electron chi connectivity index (χ3n) is 3.89. The predicted octanol–water partition coefficient (Wildman–Crippen LogP) is 6.66. The Hall–Kier alpha value is -2.20. The van der Waals surface area contributed by atoms with E-state index < -0.39 is 0 Å². The average Bonchev–Trinajstić information content (AvgIpc) is 2.73. The fourth-order valence-corrected chi connectivity index (χ4v) is 3.27. The van der Waals surface area contributed by atoms with Gasteiger partial charge in [-0.25, -0.2) is 0 Å². The van der Waals surface area contributed by atoms with Gasteiger partial charge in [-0.05, 0) is 73.1 Å². The smallest absolute Gasteiger partial charge is 0.185 e. The number of thioether (sulfide) groups is 1. The summed E-state index contributed by atoms with van der Waals surface area (Å²) in [6, 6.07) is 13.6. The van der Waals surface area contributed by atoms with Crippen molar-refractivity contribution >= 4 is 23.6 Å². The molecule has 0 saturated carbocycles. The van der Waals surface area contributed by atoms with E-state index in [9.17, 15) is 4.79 Å². The average molecular weight is 399 g/mol. The zero-order valence-corrected chi connectivity index (χ0v) is 17.9. The highest BCUT2D eigenvalue weighted by Gasteiger charge is 2.05. The molecule has 2 aromatic rings. The highest BCUT2D eigenvalue weighted by Crippen LogP contribution is 2.25. The van der Waals surface area contributed by atoms with Crippen molar-refractivity contribution in [3.05, 3.63) is 59.7 Å². The van der Waals surface area contributed by atoms with Crippen LogP contribution in [0.15, 0.2) is 53.4 Å². The van der Waals surface area contributed by atoms with Crippen LogP contribution in [-0.2, 0) is 0 Å². The van der Waals surface area contributed by atoms with Crippen molar-refractivity contribution in [3.8, 4) is 11.5 Å². The fraction of sp³-hybridized carbons (Fsp3) is 0.375. The van der Waals surface area contributed by atoms with Gasteiger partial charge in [-0.2, -0.15) is 0 Å². The molecule has 0 spiro atoms. The summed E-state index contributed by atoms with van der Waals surface area (Å²) in [6.07, 6.45) is 6.45. The van der Waals surface area contributed by atoms with Crippen molar-refractivity contribution in [2.24, 2.45) is 0 Å². The SMILES string of the molecule is CCCOc1cc(/C=C/C(=O)c2ccc(SCCC)cc2)cc(OCCC)c1. The summed E-state index contributed by atoms with van der Waals surface area (Å²) in [6.45, 7) is 7.62. The van der Waals surface area contributed by atoms with E-state index in [0.717, 1.165) is 42.1 Å². The summed E-state index contributed by atoms with van der Waals surface area (Å²) < 4.78 is 11.5. The van der Waals surface area contributed by atoms with Crippen molar-refractivity contribution in [1.82, 2.24) is 0 Å². The molecular formula is C24H30O3S. The first-order valence-corrected chi connectivity index (χ1v) is 11.0. The number of carbonyl (C=O) groups is 1. The van der Waals surface area contributed by atoms with Gasteiger partial charge in [-0.3, -0.25) is 4.79 Å². The lowest BCUT2D eigenvalue weighted by atomic mass is 10.1. The lowest BCUT2D eigenvalue weighted by Gasteiger charge is -2.10. The maximum absolute atomic E-state index is 12.5. The molecule has 0 aromatic heterocycles.